The first kappa shape index (κ1) is 17.7. The maximum Gasteiger partial charge on any atom is 0.259 e. The maximum atomic E-state index is 12.4. The van der Waals surface area contributed by atoms with E-state index in [1.165, 1.54) is 0 Å². The number of rotatable bonds is 6. The number of aryl methyl sites for hydroxylation is 2. The molecule has 0 amide bonds. The van der Waals surface area contributed by atoms with Gasteiger partial charge in [0, 0.05) is 24.1 Å². The minimum Gasteiger partial charge on any atom is -0.334 e. The van der Waals surface area contributed by atoms with Crippen molar-refractivity contribution in [3.8, 4) is 0 Å². The molecule has 1 atom stereocenters. The molecule has 0 aromatic carbocycles. The summed E-state index contributed by atoms with van der Waals surface area (Å²) in [7, 11) is -3.58. The molecule has 1 heterocycles. The molecule has 0 saturated carbocycles. The second-order valence-corrected chi connectivity index (χ2v) is 8.38. The smallest absolute Gasteiger partial charge is 0.259 e. The zero-order valence-corrected chi connectivity index (χ0v) is 15.2. The van der Waals surface area contributed by atoms with Crippen molar-refractivity contribution >= 4 is 26.0 Å². The summed E-state index contributed by atoms with van der Waals surface area (Å²) >= 11 is 3.38. The Morgan fingerprint density at radius 1 is 1.45 bits per heavy atom. The van der Waals surface area contributed by atoms with Gasteiger partial charge in [0.15, 0.2) is 5.03 Å². The normalized spacial score (nSPS) is 14.5. The van der Waals surface area contributed by atoms with Crippen LogP contribution in [-0.2, 0) is 16.6 Å². The highest BCUT2D eigenvalue weighted by atomic mass is 79.9. The average Bonchev–Trinajstić information content (AvgIpc) is 2.69. The van der Waals surface area contributed by atoms with Crippen molar-refractivity contribution < 1.29 is 8.42 Å². The fraction of sp³-hybridized carbons (Fsp3) is 0.769. The fourth-order valence-corrected chi connectivity index (χ4v) is 3.90. The Balaban J connectivity index is 3.03. The Labute approximate surface area is 130 Å². The molecule has 0 spiro atoms. The quantitative estimate of drug-likeness (QED) is 0.788. The molecule has 5 nitrogen and oxygen atoms in total. The van der Waals surface area contributed by atoms with E-state index in [0.717, 1.165) is 11.8 Å². The molecule has 1 unspecified atom stereocenters. The molecule has 1 N–H and O–H groups in total. The van der Waals surface area contributed by atoms with E-state index in [1.807, 2.05) is 39.2 Å². The maximum absolute atomic E-state index is 12.4. The van der Waals surface area contributed by atoms with Crippen LogP contribution < -0.4 is 4.72 Å². The van der Waals surface area contributed by atoms with Crippen LogP contribution in [0.1, 0.15) is 39.9 Å². The van der Waals surface area contributed by atoms with E-state index in [4.69, 9.17) is 0 Å². The number of aromatic nitrogens is 2. The Morgan fingerprint density at radius 3 is 2.45 bits per heavy atom. The molecule has 0 aliphatic heterocycles. The molecule has 0 aliphatic carbocycles. The van der Waals surface area contributed by atoms with Crippen molar-refractivity contribution in [2.75, 3.05) is 5.33 Å². The van der Waals surface area contributed by atoms with E-state index in [9.17, 15) is 8.42 Å². The van der Waals surface area contributed by atoms with Gasteiger partial charge in [0.25, 0.3) is 10.0 Å². The molecule has 116 valence electrons. The number of nitrogens with zero attached hydrogens (tertiary/aromatic N) is 2. The van der Waals surface area contributed by atoms with Gasteiger partial charge in [-0.15, -0.1) is 0 Å². The van der Waals surface area contributed by atoms with Crippen LogP contribution >= 0.6 is 15.9 Å². The van der Waals surface area contributed by atoms with E-state index >= 15 is 0 Å². The van der Waals surface area contributed by atoms with Gasteiger partial charge in [0.1, 0.15) is 5.82 Å². The first-order valence-electron chi connectivity index (χ1n) is 6.74. The Bertz CT molecular complexity index is 546. The molecular formula is C13H24BrN3O2S. The lowest BCUT2D eigenvalue weighted by Gasteiger charge is -2.30. The summed E-state index contributed by atoms with van der Waals surface area (Å²) in [6.45, 7) is 10.6. The van der Waals surface area contributed by atoms with Crippen molar-refractivity contribution in [3.05, 3.63) is 12.0 Å². The lowest BCUT2D eigenvalue weighted by Crippen LogP contribution is -2.44. The van der Waals surface area contributed by atoms with E-state index in [1.54, 1.807) is 6.20 Å². The average molecular weight is 366 g/mol. The van der Waals surface area contributed by atoms with Crippen LogP contribution in [-0.4, -0.2) is 29.3 Å². The molecule has 0 saturated heterocycles. The molecule has 0 bridgehead atoms. The van der Waals surface area contributed by atoms with Crippen molar-refractivity contribution in [1.29, 1.82) is 0 Å². The number of imidazole rings is 1. The summed E-state index contributed by atoms with van der Waals surface area (Å²) in [4.78, 5) is 4.15. The predicted octanol–water partition coefficient (Wildman–Crippen LogP) is 2.69. The predicted molar refractivity (Wildman–Crippen MR) is 84.6 cm³/mol. The third kappa shape index (κ3) is 4.30. The molecule has 20 heavy (non-hydrogen) atoms. The van der Waals surface area contributed by atoms with Crippen LogP contribution in [0.3, 0.4) is 0 Å². The Morgan fingerprint density at radius 2 is 2.05 bits per heavy atom. The third-order valence-corrected chi connectivity index (χ3v) is 5.11. The monoisotopic (exact) mass is 365 g/mol. The van der Waals surface area contributed by atoms with Gasteiger partial charge in [0.2, 0.25) is 0 Å². The van der Waals surface area contributed by atoms with E-state index in [-0.39, 0.29) is 16.5 Å². The fourth-order valence-electron chi connectivity index (χ4n) is 1.95. The molecule has 1 rings (SSSR count). The highest BCUT2D eigenvalue weighted by molar-refractivity contribution is 9.09. The highest BCUT2D eigenvalue weighted by Crippen LogP contribution is 2.24. The topological polar surface area (TPSA) is 64.0 Å². The first-order chi connectivity index (χ1) is 9.11. The zero-order chi connectivity index (χ0) is 15.6. The van der Waals surface area contributed by atoms with Crippen LogP contribution in [0.5, 0.6) is 0 Å². The Kier molecular flexibility index (Phi) is 5.80. The largest absolute Gasteiger partial charge is 0.334 e. The lowest BCUT2D eigenvalue weighted by atomic mass is 9.86. The van der Waals surface area contributed by atoms with Gasteiger partial charge in [-0.25, -0.2) is 18.1 Å². The summed E-state index contributed by atoms with van der Waals surface area (Å²) < 4.78 is 29.5. The summed E-state index contributed by atoms with van der Waals surface area (Å²) in [5.74, 6) is 0.709. The number of alkyl halides is 1. The number of sulfonamides is 1. The second-order valence-electron chi connectivity index (χ2n) is 5.93. The second kappa shape index (κ2) is 6.58. The first-order valence-corrected chi connectivity index (χ1v) is 9.34. The number of hydrogen-bond donors (Lipinski definition) is 1. The van der Waals surface area contributed by atoms with Crippen LogP contribution in [0, 0.1) is 12.3 Å². The van der Waals surface area contributed by atoms with Gasteiger partial charge in [-0.3, -0.25) is 0 Å². The molecule has 0 radical (unpaired) electrons. The van der Waals surface area contributed by atoms with Crippen LogP contribution in [0.15, 0.2) is 11.2 Å². The number of halogens is 1. The van der Waals surface area contributed by atoms with Gasteiger partial charge >= 0.3 is 0 Å². The molecule has 1 aromatic rings. The van der Waals surface area contributed by atoms with E-state index in [0.29, 0.717) is 12.4 Å². The van der Waals surface area contributed by atoms with Gasteiger partial charge in [-0.1, -0.05) is 36.7 Å². The summed E-state index contributed by atoms with van der Waals surface area (Å²) in [6.07, 6.45) is 2.32. The molecular weight excluding hydrogens is 342 g/mol. The summed E-state index contributed by atoms with van der Waals surface area (Å²) in [6, 6.07) is -0.140. The molecule has 0 fully saturated rings. The van der Waals surface area contributed by atoms with Crippen LogP contribution in [0.25, 0.3) is 0 Å². The van der Waals surface area contributed by atoms with Gasteiger partial charge < -0.3 is 4.57 Å². The summed E-state index contributed by atoms with van der Waals surface area (Å²) in [5, 5.41) is 0.848. The van der Waals surface area contributed by atoms with E-state index < -0.39 is 10.0 Å². The number of nitrogens with one attached hydrogen (secondary N) is 1. The van der Waals surface area contributed by atoms with Gasteiger partial charge in [0.05, 0.1) is 0 Å². The third-order valence-electron chi connectivity index (χ3n) is 3.31. The molecule has 7 heteroatoms. The van der Waals surface area contributed by atoms with Crippen molar-refractivity contribution in [2.24, 2.45) is 5.41 Å². The minimum absolute atomic E-state index is 0.0978. The minimum atomic E-state index is -3.58. The SMILES string of the molecule is CCn1cc(S(=O)(=O)NC(CCBr)C(C)(C)C)nc1C. The van der Waals surface area contributed by atoms with Crippen molar-refractivity contribution in [3.63, 3.8) is 0 Å². The zero-order valence-electron chi connectivity index (χ0n) is 12.8. The molecule has 1 aromatic heterocycles. The van der Waals surface area contributed by atoms with Crippen molar-refractivity contribution in [2.45, 2.75) is 58.7 Å². The van der Waals surface area contributed by atoms with E-state index in [2.05, 4.69) is 25.6 Å². The van der Waals surface area contributed by atoms with Crippen LogP contribution in [0.2, 0.25) is 0 Å². The summed E-state index contributed by atoms with van der Waals surface area (Å²) in [5.41, 5.74) is -0.150. The van der Waals surface area contributed by atoms with Crippen molar-refractivity contribution in [1.82, 2.24) is 14.3 Å². The highest BCUT2D eigenvalue weighted by Gasteiger charge is 2.30. The standard InChI is InChI=1S/C13H24BrN3O2S/c1-6-17-9-12(15-10(17)2)20(18,19)16-11(7-8-14)13(3,4)5/h9,11,16H,6-8H2,1-5H3. The van der Waals surface area contributed by atoms with Gasteiger partial charge in [-0.05, 0) is 25.7 Å². The van der Waals surface area contributed by atoms with Crippen LogP contribution in [0.4, 0.5) is 0 Å². The van der Waals surface area contributed by atoms with Gasteiger partial charge in [-0.2, -0.15) is 0 Å². The lowest BCUT2D eigenvalue weighted by molar-refractivity contribution is 0.293. The Hall–Kier alpha value is -0.400. The molecule has 0 aliphatic rings. The number of hydrogen-bond acceptors (Lipinski definition) is 3.